The smallest absolute Gasteiger partial charge is 0.234 e. The lowest BCUT2D eigenvalue weighted by Gasteiger charge is -2.38. The van der Waals surface area contributed by atoms with Crippen LogP contribution in [0.1, 0.15) is 42.0 Å². The summed E-state index contributed by atoms with van der Waals surface area (Å²) in [5.41, 5.74) is 3.67. The second kappa shape index (κ2) is 8.05. The number of imide groups is 1. The summed E-state index contributed by atoms with van der Waals surface area (Å²) in [6, 6.07) is 14.7. The van der Waals surface area contributed by atoms with E-state index in [9.17, 15) is 14.4 Å². The molecule has 2 fully saturated rings. The maximum absolute atomic E-state index is 13.5. The Labute approximate surface area is 188 Å². The van der Waals surface area contributed by atoms with Crippen molar-refractivity contribution in [2.24, 2.45) is 23.7 Å². The van der Waals surface area contributed by atoms with Crippen LogP contribution in [0.5, 0.6) is 0 Å². The molecule has 0 unspecified atom stereocenters. The van der Waals surface area contributed by atoms with E-state index in [4.69, 9.17) is 0 Å². The lowest BCUT2D eigenvalue weighted by atomic mass is 9.63. The highest BCUT2D eigenvalue weighted by Gasteiger charge is 2.58. The molecule has 1 aliphatic heterocycles. The number of hydrogen-bond acceptors (Lipinski definition) is 3. The van der Waals surface area contributed by atoms with Gasteiger partial charge in [0.25, 0.3) is 0 Å². The molecule has 3 amide bonds. The van der Waals surface area contributed by atoms with Crippen LogP contribution >= 0.6 is 0 Å². The number of likely N-dealkylation sites (tertiary alicyclic amines) is 1. The summed E-state index contributed by atoms with van der Waals surface area (Å²) in [6.07, 6.45) is 6.19. The molecular formula is C27H28N2O3. The van der Waals surface area contributed by atoms with Crippen molar-refractivity contribution < 1.29 is 14.4 Å². The van der Waals surface area contributed by atoms with Crippen molar-refractivity contribution in [1.29, 1.82) is 0 Å². The predicted molar refractivity (Wildman–Crippen MR) is 123 cm³/mol. The van der Waals surface area contributed by atoms with Crippen molar-refractivity contribution >= 4 is 23.4 Å². The van der Waals surface area contributed by atoms with Gasteiger partial charge >= 0.3 is 0 Å². The largest absolute Gasteiger partial charge is 0.326 e. The number of allylic oxidation sites excluding steroid dienone is 2. The summed E-state index contributed by atoms with van der Waals surface area (Å²) < 4.78 is 0. The van der Waals surface area contributed by atoms with Crippen LogP contribution in [-0.4, -0.2) is 22.6 Å². The first-order chi connectivity index (χ1) is 15.4. The minimum Gasteiger partial charge on any atom is -0.326 e. The fourth-order valence-corrected chi connectivity index (χ4v) is 5.77. The lowest BCUT2D eigenvalue weighted by molar-refractivity contribution is -0.143. The molecule has 1 saturated carbocycles. The lowest BCUT2D eigenvalue weighted by Crippen LogP contribution is -2.38. The number of benzene rings is 2. The number of anilines is 1. The maximum Gasteiger partial charge on any atom is 0.234 e. The fraction of sp³-hybridized carbons (Fsp3) is 0.370. The average Bonchev–Trinajstić information content (AvgIpc) is 3.08. The molecular weight excluding hydrogens is 400 g/mol. The summed E-state index contributed by atoms with van der Waals surface area (Å²) in [5.74, 6) is -0.736. The molecule has 3 aliphatic carbocycles. The molecule has 2 aromatic rings. The topological polar surface area (TPSA) is 66.5 Å². The SMILES string of the molecule is Cc1ccc(NC(=O)C[C@H](c2ccccc2)N2C(=O)[C@@H]3[C@@H](C2=O)[C@H]2C=C[C@H]3CC2)c(C)c1. The number of nitrogens with one attached hydrogen (secondary N) is 1. The van der Waals surface area contributed by atoms with Crippen molar-refractivity contribution in [2.75, 3.05) is 5.32 Å². The molecule has 4 aliphatic rings. The first-order valence-corrected chi connectivity index (χ1v) is 11.4. The number of nitrogens with zero attached hydrogens (tertiary/aromatic N) is 1. The van der Waals surface area contributed by atoms with Crippen molar-refractivity contribution in [1.82, 2.24) is 4.90 Å². The fourth-order valence-electron chi connectivity index (χ4n) is 5.77. The van der Waals surface area contributed by atoms with E-state index in [-0.39, 0.29) is 47.8 Å². The highest BCUT2D eigenvalue weighted by atomic mass is 16.2. The first kappa shape index (κ1) is 20.7. The van der Waals surface area contributed by atoms with Gasteiger partial charge in [0.05, 0.1) is 24.3 Å². The molecule has 2 aromatic carbocycles. The second-order valence-electron chi connectivity index (χ2n) is 9.39. The van der Waals surface area contributed by atoms with Gasteiger partial charge in [-0.3, -0.25) is 19.3 Å². The van der Waals surface area contributed by atoms with Crippen molar-refractivity contribution in [2.45, 2.75) is 39.2 Å². The third-order valence-corrected chi connectivity index (χ3v) is 7.32. The van der Waals surface area contributed by atoms with E-state index < -0.39 is 6.04 Å². The molecule has 0 radical (unpaired) electrons. The molecule has 0 aromatic heterocycles. The van der Waals surface area contributed by atoms with E-state index >= 15 is 0 Å². The van der Waals surface area contributed by atoms with E-state index in [0.29, 0.717) is 0 Å². The van der Waals surface area contributed by atoms with E-state index in [1.807, 2.05) is 62.4 Å². The van der Waals surface area contributed by atoms with Gasteiger partial charge in [-0.15, -0.1) is 0 Å². The molecule has 2 bridgehead atoms. The van der Waals surface area contributed by atoms with E-state index in [2.05, 4.69) is 17.5 Å². The van der Waals surface area contributed by atoms with E-state index in [1.54, 1.807) is 0 Å². The van der Waals surface area contributed by atoms with Crippen molar-refractivity contribution in [3.63, 3.8) is 0 Å². The number of rotatable bonds is 5. The Bertz CT molecular complexity index is 1080. The summed E-state index contributed by atoms with van der Waals surface area (Å²) in [6.45, 7) is 3.97. The zero-order valence-corrected chi connectivity index (χ0v) is 18.5. The molecule has 1 N–H and O–H groups in total. The van der Waals surface area contributed by atoms with Gasteiger partial charge in [0, 0.05) is 5.69 Å². The highest BCUT2D eigenvalue weighted by Crippen LogP contribution is 2.51. The average molecular weight is 429 g/mol. The van der Waals surface area contributed by atoms with Gasteiger partial charge in [-0.1, -0.05) is 60.2 Å². The number of hydrogen-bond donors (Lipinski definition) is 1. The first-order valence-electron chi connectivity index (χ1n) is 11.4. The number of carbonyl (C=O) groups excluding carboxylic acids is 3. The number of aryl methyl sites for hydroxylation is 2. The second-order valence-corrected chi connectivity index (χ2v) is 9.39. The summed E-state index contributed by atoms with van der Waals surface area (Å²) in [5, 5.41) is 2.98. The van der Waals surface area contributed by atoms with Crippen LogP contribution in [0.2, 0.25) is 0 Å². The van der Waals surface area contributed by atoms with Gasteiger partial charge in [-0.25, -0.2) is 0 Å². The molecule has 5 nitrogen and oxygen atoms in total. The maximum atomic E-state index is 13.5. The summed E-state index contributed by atoms with van der Waals surface area (Å²) in [4.78, 5) is 41.5. The van der Waals surface area contributed by atoms with E-state index in [1.165, 1.54) is 4.90 Å². The molecule has 6 rings (SSSR count). The number of carbonyl (C=O) groups is 3. The van der Waals surface area contributed by atoms with Crippen LogP contribution in [0, 0.1) is 37.5 Å². The molecule has 0 spiro atoms. The standard InChI is InChI=1S/C27H28N2O3/c1-16-8-13-21(17(2)14-16)28-23(30)15-22(18-6-4-3-5-7-18)29-26(31)24-19-9-10-20(12-11-19)25(24)27(29)32/h3-10,13-14,19-20,22,24-25H,11-12,15H2,1-2H3,(H,28,30)/t19-,20-,22+,24-,25-/m0/s1. The molecule has 1 heterocycles. The third kappa shape index (κ3) is 3.46. The van der Waals surface area contributed by atoms with Gasteiger partial charge in [-0.2, -0.15) is 0 Å². The van der Waals surface area contributed by atoms with Gasteiger partial charge in [0.15, 0.2) is 0 Å². The Kier molecular flexibility index (Phi) is 5.20. The van der Waals surface area contributed by atoms with Gasteiger partial charge in [0.1, 0.15) is 0 Å². The monoisotopic (exact) mass is 428 g/mol. The van der Waals surface area contributed by atoms with Gasteiger partial charge in [0.2, 0.25) is 17.7 Å². The Balaban J connectivity index is 1.44. The van der Waals surface area contributed by atoms with Crippen molar-refractivity contribution in [3.8, 4) is 0 Å². The zero-order valence-electron chi connectivity index (χ0n) is 18.5. The molecule has 5 heteroatoms. The predicted octanol–water partition coefficient (Wildman–Crippen LogP) is 4.57. The van der Waals surface area contributed by atoms with Crippen LogP contribution in [0.3, 0.4) is 0 Å². The molecule has 164 valence electrons. The van der Waals surface area contributed by atoms with Crippen LogP contribution in [0.15, 0.2) is 60.7 Å². The number of amides is 3. The Hall–Kier alpha value is -3.21. The Morgan fingerprint density at radius 2 is 1.59 bits per heavy atom. The van der Waals surface area contributed by atoms with Crippen LogP contribution in [0.25, 0.3) is 0 Å². The Morgan fingerprint density at radius 3 is 2.16 bits per heavy atom. The van der Waals surface area contributed by atoms with Gasteiger partial charge < -0.3 is 5.32 Å². The third-order valence-electron chi connectivity index (χ3n) is 7.32. The van der Waals surface area contributed by atoms with Gasteiger partial charge in [-0.05, 0) is 55.7 Å². The quantitative estimate of drug-likeness (QED) is 0.560. The highest BCUT2D eigenvalue weighted by molar-refractivity contribution is 6.07. The zero-order chi connectivity index (χ0) is 22.4. The minimum absolute atomic E-state index is 0.0387. The molecule has 32 heavy (non-hydrogen) atoms. The van der Waals surface area contributed by atoms with Crippen LogP contribution in [-0.2, 0) is 14.4 Å². The summed E-state index contributed by atoms with van der Waals surface area (Å²) >= 11 is 0. The molecule has 1 saturated heterocycles. The molecule has 5 atom stereocenters. The minimum atomic E-state index is -0.605. The van der Waals surface area contributed by atoms with Crippen LogP contribution < -0.4 is 5.32 Å². The van der Waals surface area contributed by atoms with Crippen LogP contribution in [0.4, 0.5) is 5.69 Å². The van der Waals surface area contributed by atoms with Crippen molar-refractivity contribution in [3.05, 3.63) is 77.4 Å². The van der Waals surface area contributed by atoms with E-state index in [0.717, 1.165) is 35.2 Å². The number of fused-ring (bicyclic) bond motifs is 1. The normalized spacial score (nSPS) is 26.9. The summed E-state index contributed by atoms with van der Waals surface area (Å²) in [7, 11) is 0. The Morgan fingerprint density at radius 1 is 0.969 bits per heavy atom.